The highest BCUT2D eigenvalue weighted by Gasteiger charge is 2.04. The van der Waals surface area contributed by atoms with E-state index in [1.807, 2.05) is 24.3 Å². The van der Waals surface area contributed by atoms with E-state index in [2.05, 4.69) is 15.6 Å². The van der Waals surface area contributed by atoms with Crippen LogP contribution in [0.1, 0.15) is 18.1 Å². The Hall–Kier alpha value is -2.69. The van der Waals surface area contributed by atoms with E-state index in [9.17, 15) is 9.59 Å². The van der Waals surface area contributed by atoms with Crippen LogP contribution in [0.15, 0.2) is 48.8 Å². The van der Waals surface area contributed by atoms with E-state index in [0.717, 1.165) is 16.8 Å². The lowest BCUT2D eigenvalue weighted by molar-refractivity contribution is -0.120. The molecule has 2 rings (SSSR count). The maximum Gasteiger partial charge on any atom is 0.224 e. The molecule has 0 aliphatic carbocycles. The molecule has 0 bridgehead atoms. The second kappa shape index (κ2) is 7.19. The van der Waals surface area contributed by atoms with Gasteiger partial charge >= 0.3 is 0 Å². The van der Waals surface area contributed by atoms with Crippen LogP contribution >= 0.6 is 0 Å². The topological polar surface area (TPSA) is 71.1 Å². The van der Waals surface area contributed by atoms with Crippen LogP contribution in [-0.4, -0.2) is 16.8 Å². The molecule has 1 heterocycles. The third-order valence-corrected chi connectivity index (χ3v) is 2.85. The van der Waals surface area contributed by atoms with Crippen molar-refractivity contribution in [3.63, 3.8) is 0 Å². The van der Waals surface area contributed by atoms with Crippen molar-refractivity contribution in [3.8, 4) is 0 Å². The van der Waals surface area contributed by atoms with Crippen molar-refractivity contribution in [1.82, 2.24) is 10.3 Å². The molecular weight excluding hydrogens is 266 g/mol. The first kappa shape index (κ1) is 14.7. The molecule has 0 radical (unpaired) electrons. The van der Waals surface area contributed by atoms with Gasteiger partial charge in [-0.3, -0.25) is 14.6 Å². The number of hydrogen-bond acceptors (Lipinski definition) is 3. The summed E-state index contributed by atoms with van der Waals surface area (Å²) in [4.78, 5) is 26.8. The molecule has 1 aromatic carbocycles. The van der Waals surface area contributed by atoms with E-state index in [4.69, 9.17) is 0 Å². The summed E-state index contributed by atoms with van der Waals surface area (Å²) in [5, 5.41) is 5.53. The van der Waals surface area contributed by atoms with E-state index in [0.29, 0.717) is 13.0 Å². The lowest BCUT2D eigenvalue weighted by atomic mass is 10.1. The number of carbonyl (C=O) groups excluding carboxylic acids is 2. The maximum absolute atomic E-state index is 11.8. The van der Waals surface area contributed by atoms with Crippen molar-refractivity contribution in [1.29, 1.82) is 0 Å². The molecule has 5 heteroatoms. The molecule has 2 aromatic rings. The Kier molecular flexibility index (Phi) is 5.04. The van der Waals surface area contributed by atoms with E-state index in [-0.39, 0.29) is 11.8 Å². The smallest absolute Gasteiger partial charge is 0.224 e. The Bertz CT molecular complexity index is 609. The number of anilines is 1. The van der Waals surface area contributed by atoms with Crippen molar-refractivity contribution in [2.45, 2.75) is 19.9 Å². The van der Waals surface area contributed by atoms with E-state index >= 15 is 0 Å². The number of hydrogen-bond donors (Lipinski definition) is 2. The molecule has 1 aromatic heterocycles. The predicted molar refractivity (Wildman–Crippen MR) is 80.5 cm³/mol. The van der Waals surface area contributed by atoms with Gasteiger partial charge in [-0.2, -0.15) is 0 Å². The molecule has 0 fully saturated rings. The van der Waals surface area contributed by atoms with E-state index in [1.54, 1.807) is 24.5 Å². The van der Waals surface area contributed by atoms with Crippen LogP contribution in [0.2, 0.25) is 0 Å². The third kappa shape index (κ3) is 5.06. The minimum Gasteiger partial charge on any atom is -0.352 e. The first-order valence-electron chi connectivity index (χ1n) is 6.65. The number of rotatable bonds is 5. The number of nitrogens with zero attached hydrogens (tertiary/aromatic N) is 1. The number of carbonyl (C=O) groups is 2. The number of benzene rings is 1. The summed E-state index contributed by atoms with van der Waals surface area (Å²) in [6, 6.07) is 11.0. The normalized spacial score (nSPS) is 9.95. The van der Waals surface area contributed by atoms with Crippen LogP contribution in [0.25, 0.3) is 0 Å². The van der Waals surface area contributed by atoms with Gasteiger partial charge in [-0.05, 0) is 29.3 Å². The van der Waals surface area contributed by atoms with Crippen LogP contribution in [0.4, 0.5) is 5.69 Å². The Morgan fingerprint density at radius 3 is 2.48 bits per heavy atom. The van der Waals surface area contributed by atoms with Gasteiger partial charge in [0, 0.05) is 31.5 Å². The largest absolute Gasteiger partial charge is 0.352 e. The standard InChI is InChI=1S/C16H17N3O2/c1-12(20)19-15-6-4-13(5-7-15)9-16(21)18-11-14-3-2-8-17-10-14/h2-8,10H,9,11H2,1H3,(H,18,21)(H,19,20). The fourth-order valence-corrected chi connectivity index (χ4v) is 1.86. The molecule has 2 N–H and O–H groups in total. The average Bonchev–Trinajstić information content (AvgIpc) is 2.48. The monoisotopic (exact) mass is 283 g/mol. The Labute approximate surface area is 123 Å². The quantitative estimate of drug-likeness (QED) is 0.880. The molecule has 0 aliphatic heterocycles. The molecule has 2 amide bonds. The second-order valence-corrected chi connectivity index (χ2v) is 4.69. The zero-order valence-electron chi connectivity index (χ0n) is 11.8. The van der Waals surface area contributed by atoms with Gasteiger partial charge in [0.2, 0.25) is 11.8 Å². The third-order valence-electron chi connectivity index (χ3n) is 2.85. The Morgan fingerprint density at radius 2 is 1.86 bits per heavy atom. The molecule has 5 nitrogen and oxygen atoms in total. The summed E-state index contributed by atoms with van der Waals surface area (Å²) >= 11 is 0. The highest BCUT2D eigenvalue weighted by Crippen LogP contribution is 2.10. The minimum absolute atomic E-state index is 0.0499. The van der Waals surface area contributed by atoms with Crippen molar-refractivity contribution in [2.24, 2.45) is 0 Å². The van der Waals surface area contributed by atoms with Gasteiger partial charge in [0.15, 0.2) is 0 Å². The van der Waals surface area contributed by atoms with E-state index < -0.39 is 0 Å². The van der Waals surface area contributed by atoms with Gasteiger partial charge in [0.1, 0.15) is 0 Å². The van der Waals surface area contributed by atoms with Crippen molar-refractivity contribution in [3.05, 3.63) is 59.9 Å². The summed E-state index contributed by atoms with van der Waals surface area (Å²) in [5.41, 5.74) is 2.58. The highest BCUT2D eigenvalue weighted by atomic mass is 16.2. The molecular formula is C16H17N3O2. The Morgan fingerprint density at radius 1 is 1.10 bits per heavy atom. The predicted octanol–water partition coefficient (Wildman–Crippen LogP) is 1.90. The average molecular weight is 283 g/mol. The van der Waals surface area contributed by atoms with Gasteiger partial charge in [-0.1, -0.05) is 18.2 Å². The first-order valence-corrected chi connectivity index (χ1v) is 6.65. The number of aromatic nitrogens is 1. The van der Waals surface area contributed by atoms with Crippen molar-refractivity contribution < 1.29 is 9.59 Å². The molecule has 0 unspecified atom stereocenters. The molecule has 0 saturated carbocycles. The lowest BCUT2D eigenvalue weighted by Gasteiger charge is -2.06. The zero-order valence-corrected chi connectivity index (χ0v) is 11.8. The summed E-state index contributed by atoms with van der Waals surface area (Å²) in [6.45, 7) is 1.93. The van der Waals surface area contributed by atoms with Crippen LogP contribution < -0.4 is 10.6 Å². The first-order chi connectivity index (χ1) is 10.1. The molecule has 0 atom stereocenters. The number of pyridine rings is 1. The summed E-state index contributed by atoms with van der Waals surface area (Å²) in [5.74, 6) is -0.164. The van der Waals surface area contributed by atoms with Crippen molar-refractivity contribution >= 4 is 17.5 Å². The molecule has 108 valence electrons. The van der Waals surface area contributed by atoms with Gasteiger partial charge in [-0.25, -0.2) is 0 Å². The van der Waals surface area contributed by atoms with E-state index in [1.165, 1.54) is 6.92 Å². The maximum atomic E-state index is 11.8. The van der Waals surface area contributed by atoms with Crippen LogP contribution in [0.3, 0.4) is 0 Å². The minimum atomic E-state index is -0.114. The molecule has 0 saturated heterocycles. The fraction of sp³-hybridized carbons (Fsp3) is 0.188. The van der Waals surface area contributed by atoms with Crippen LogP contribution in [0, 0.1) is 0 Å². The fourth-order valence-electron chi connectivity index (χ4n) is 1.86. The van der Waals surface area contributed by atoms with Gasteiger partial charge in [0.05, 0.1) is 6.42 Å². The summed E-state index contributed by atoms with van der Waals surface area (Å²) in [6.07, 6.45) is 3.73. The van der Waals surface area contributed by atoms with Crippen LogP contribution in [-0.2, 0) is 22.6 Å². The Balaban J connectivity index is 1.83. The van der Waals surface area contributed by atoms with Gasteiger partial charge in [0.25, 0.3) is 0 Å². The van der Waals surface area contributed by atoms with Gasteiger partial charge < -0.3 is 10.6 Å². The SMILES string of the molecule is CC(=O)Nc1ccc(CC(=O)NCc2cccnc2)cc1. The molecule has 21 heavy (non-hydrogen) atoms. The second-order valence-electron chi connectivity index (χ2n) is 4.69. The number of nitrogens with one attached hydrogen (secondary N) is 2. The summed E-state index contributed by atoms with van der Waals surface area (Å²) < 4.78 is 0. The highest BCUT2D eigenvalue weighted by molar-refractivity contribution is 5.88. The lowest BCUT2D eigenvalue weighted by Crippen LogP contribution is -2.24. The number of amides is 2. The van der Waals surface area contributed by atoms with Crippen LogP contribution in [0.5, 0.6) is 0 Å². The molecule has 0 spiro atoms. The zero-order chi connectivity index (χ0) is 15.1. The van der Waals surface area contributed by atoms with Gasteiger partial charge in [-0.15, -0.1) is 0 Å². The molecule has 0 aliphatic rings. The summed E-state index contributed by atoms with van der Waals surface area (Å²) in [7, 11) is 0. The van der Waals surface area contributed by atoms with Crippen molar-refractivity contribution in [2.75, 3.05) is 5.32 Å².